The van der Waals surface area contributed by atoms with Gasteiger partial charge in [0.1, 0.15) is 10.9 Å². The number of carbonyl (C=O) groups excluding carboxylic acids is 1. The molecular weight excluding hydrogens is 270 g/mol. The van der Waals surface area contributed by atoms with E-state index in [0.29, 0.717) is 10.0 Å². The first-order valence-corrected chi connectivity index (χ1v) is 8.21. The van der Waals surface area contributed by atoms with Crippen molar-refractivity contribution in [2.45, 2.75) is 51.9 Å². The second-order valence-electron chi connectivity index (χ2n) is 5.49. The number of nitrogens with zero attached hydrogens (tertiary/aromatic N) is 2. The van der Waals surface area contributed by atoms with Crippen molar-refractivity contribution in [1.82, 2.24) is 4.98 Å². The summed E-state index contributed by atoms with van der Waals surface area (Å²) < 4.78 is 0. The number of rotatable bonds is 5. The number of hydrogen-bond acceptors (Lipinski definition) is 4. The Morgan fingerprint density at radius 3 is 2.85 bits per heavy atom. The van der Waals surface area contributed by atoms with Gasteiger partial charge < -0.3 is 5.32 Å². The molecule has 2 rings (SSSR count). The zero-order valence-electron chi connectivity index (χ0n) is 11.9. The third-order valence-corrected chi connectivity index (χ3v) is 4.85. The topological polar surface area (TPSA) is 65.8 Å². The van der Waals surface area contributed by atoms with Gasteiger partial charge in [-0.1, -0.05) is 37.5 Å². The summed E-state index contributed by atoms with van der Waals surface area (Å²) in [6.07, 6.45) is 9.67. The predicted octanol–water partition coefficient (Wildman–Crippen LogP) is 3.95. The van der Waals surface area contributed by atoms with Gasteiger partial charge in [-0.3, -0.25) is 4.79 Å². The highest BCUT2D eigenvalue weighted by atomic mass is 32.1. The average molecular weight is 291 g/mol. The minimum Gasteiger partial charge on any atom is -0.302 e. The minimum atomic E-state index is 0.0674. The largest absolute Gasteiger partial charge is 0.302 e. The number of nitriles is 1. The van der Waals surface area contributed by atoms with Crippen LogP contribution in [0, 0.1) is 23.2 Å². The van der Waals surface area contributed by atoms with Crippen LogP contribution in [0.15, 0.2) is 6.20 Å². The third-order valence-electron chi connectivity index (χ3n) is 4.03. The molecule has 1 saturated carbocycles. The highest BCUT2D eigenvalue weighted by Gasteiger charge is 2.26. The van der Waals surface area contributed by atoms with Gasteiger partial charge in [-0.05, 0) is 31.6 Å². The fraction of sp³-hybridized carbons (Fsp3) is 0.667. The maximum absolute atomic E-state index is 12.2. The SMILES string of the molecule is CCCCC1CCC(C(=O)Nc2ncc(C#N)s2)CC1. The van der Waals surface area contributed by atoms with Crippen LogP contribution in [0.4, 0.5) is 5.13 Å². The van der Waals surface area contributed by atoms with Crippen molar-refractivity contribution >= 4 is 22.4 Å². The molecule has 0 atom stereocenters. The monoisotopic (exact) mass is 291 g/mol. The lowest BCUT2D eigenvalue weighted by Gasteiger charge is -2.27. The van der Waals surface area contributed by atoms with Crippen LogP contribution < -0.4 is 5.32 Å². The molecule has 0 saturated heterocycles. The minimum absolute atomic E-state index is 0.0674. The molecule has 108 valence electrons. The van der Waals surface area contributed by atoms with Crippen LogP contribution in [-0.4, -0.2) is 10.9 Å². The molecule has 0 bridgehead atoms. The van der Waals surface area contributed by atoms with Crippen LogP contribution in [-0.2, 0) is 4.79 Å². The quantitative estimate of drug-likeness (QED) is 0.893. The van der Waals surface area contributed by atoms with E-state index in [1.54, 1.807) is 0 Å². The molecule has 1 aromatic rings. The van der Waals surface area contributed by atoms with Crippen molar-refractivity contribution in [3.05, 3.63) is 11.1 Å². The number of thiazole rings is 1. The molecular formula is C15H21N3OS. The van der Waals surface area contributed by atoms with E-state index in [4.69, 9.17) is 5.26 Å². The summed E-state index contributed by atoms with van der Waals surface area (Å²) in [5.74, 6) is 0.990. The fourth-order valence-corrected chi connectivity index (χ4v) is 3.41. The molecule has 1 heterocycles. The summed E-state index contributed by atoms with van der Waals surface area (Å²) in [7, 11) is 0. The second kappa shape index (κ2) is 7.39. The van der Waals surface area contributed by atoms with E-state index in [0.717, 1.165) is 18.8 Å². The zero-order valence-corrected chi connectivity index (χ0v) is 12.7. The van der Waals surface area contributed by atoms with E-state index in [-0.39, 0.29) is 11.8 Å². The number of unbranched alkanes of at least 4 members (excludes halogenated alkanes) is 1. The molecule has 4 nitrogen and oxygen atoms in total. The second-order valence-corrected chi connectivity index (χ2v) is 6.52. The van der Waals surface area contributed by atoms with Crippen molar-refractivity contribution in [2.24, 2.45) is 11.8 Å². The van der Waals surface area contributed by atoms with Crippen molar-refractivity contribution in [3.8, 4) is 6.07 Å². The Bertz CT molecular complexity index is 484. The molecule has 0 aliphatic heterocycles. The molecule has 1 aromatic heterocycles. The van der Waals surface area contributed by atoms with Gasteiger partial charge in [-0.25, -0.2) is 4.98 Å². The summed E-state index contributed by atoms with van der Waals surface area (Å²) in [6, 6.07) is 2.03. The summed E-state index contributed by atoms with van der Waals surface area (Å²) in [6.45, 7) is 2.22. The van der Waals surface area contributed by atoms with Gasteiger partial charge in [0.25, 0.3) is 0 Å². The van der Waals surface area contributed by atoms with Gasteiger partial charge in [-0.2, -0.15) is 5.26 Å². The number of hydrogen-bond donors (Lipinski definition) is 1. The van der Waals surface area contributed by atoms with Gasteiger partial charge in [0.05, 0.1) is 6.20 Å². The van der Waals surface area contributed by atoms with Crippen LogP contribution in [0.3, 0.4) is 0 Å². The number of nitrogens with one attached hydrogen (secondary N) is 1. The van der Waals surface area contributed by atoms with Gasteiger partial charge in [0.2, 0.25) is 5.91 Å². The maximum atomic E-state index is 12.2. The highest BCUT2D eigenvalue weighted by molar-refractivity contribution is 7.16. The van der Waals surface area contributed by atoms with Crippen molar-refractivity contribution in [3.63, 3.8) is 0 Å². The smallest absolute Gasteiger partial charge is 0.229 e. The van der Waals surface area contributed by atoms with E-state index in [1.807, 2.05) is 6.07 Å². The van der Waals surface area contributed by atoms with E-state index < -0.39 is 0 Å². The molecule has 1 aliphatic rings. The Hall–Kier alpha value is -1.41. The van der Waals surface area contributed by atoms with Gasteiger partial charge in [0.15, 0.2) is 5.13 Å². The molecule has 0 aromatic carbocycles. The van der Waals surface area contributed by atoms with Gasteiger partial charge >= 0.3 is 0 Å². The summed E-state index contributed by atoms with van der Waals surface area (Å²) in [5.41, 5.74) is 0. The molecule has 1 fully saturated rings. The summed E-state index contributed by atoms with van der Waals surface area (Å²) >= 11 is 1.23. The Morgan fingerprint density at radius 1 is 1.50 bits per heavy atom. The molecule has 5 heteroatoms. The number of amides is 1. The Labute approximate surface area is 124 Å². The molecule has 0 spiro atoms. The Morgan fingerprint density at radius 2 is 2.25 bits per heavy atom. The van der Waals surface area contributed by atoms with Gasteiger partial charge in [-0.15, -0.1) is 0 Å². The number of aromatic nitrogens is 1. The van der Waals surface area contributed by atoms with Crippen LogP contribution >= 0.6 is 11.3 Å². The molecule has 0 unspecified atom stereocenters. The predicted molar refractivity (Wildman–Crippen MR) is 80.4 cm³/mol. The Kier molecular flexibility index (Phi) is 5.54. The standard InChI is InChI=1S/C15H21N3OS/c1-2-3-4-11-5-7-12(8-6-11)14(19)18-15-17-10-13(9-16)20-15/h10-12H,2-8H2,1H3,(H,17,18,19). The molecule has 1 N–H and O–H groups in total. The lowest BCUT2D eigenvalue weighted by atomic mass is 9.79. The maximum Gasteiger partial charge on any atom is 0.229 e. The number of carbonyl (C=O) groups is 1. The summed E-state index contributed by atoms with van der Waals surface area (Å²) in [4.78, 5) is 16.7. The van der Waals surface area contributed by atoms with Crippen LogP contribution in [0.25, 0.3) is 0 Å². The average Bonchev–Trinajstić information content (AvgIpc) is 2.93. The summed E-state index contributed by atoms with van der Waals surface area (Å²) in [5, 5.41) is 12.1. The van der Waals surface area contributed by atoms with E-state index in [9.17, 15) is 4.79 Å². The van der Waals surface area contributed by atoms with Crippen molar-refractivity contribution in [1.29, 1.82) is 5.26 Å². The lowest BCUT2D eigenvalue weighted by molar-refractivity contribution is -0.121. The fourth-order valence-electron chi connectivity index (χ4n) is 2.80. The molecule has 20 heavy (non-hydrogen) atoms. The lowest BCUT2D eigenvalue weighted by Crippen LogP contribution is -2.27. The molecule has 1 amide bonds. The van der Waals surface area contributed by atoms with Crippen molar-refractivity contribution in [2.75, 3.05) is 5.32 Å². The molecule has 1 aliphatic carbocycles. The zero-order chi connectivity index (χ0) is 14.4. The van der Waals surface area contributed by atoms with E-state index in [2.05, 4.69) is 17.2 Å². The first-order chi connectivity index (χ1) is 9.72. The number of anilines is 1. The van der Waals surface area contributed by atoms with E-state index >= 15 is 0 Å². The van der Waals surface area contributed by atoms with Crippen molar-refractivity contribution < 1.29 is 4.79 Å². The molecule has 0 radical (unpaired) electrons. The first-order valence-electron chi connectivity index (χ1n) is 7.39. The highest BCUT2D eigenvalue weighted by Crippen LogP contribution is 2.32. The van der Waals surface area contributed by atoms with Crippen LogP contribution in [0.1, 0.15) is 56.7 Å². The first kappa shape index (κ1) is 15.0. The van der Waals surface area contributed by atoms with E-state index in [1.165, 1.54) is 49.6 Å². The van der Waals surface area contributed by atoms with Gasteiger partial charge in [0, 0.05) is 5.92 Å². The van der Waals surface area contributed by atoms with Crippen LogP contribution in [0.5, 0.6) is 0 Å². The third kappa shape index (κ3) is 4.04. The normalized spacial score (nSPS) is 22.2. The van der Waals surface area contributed by atoms with Crippen LogP contribution in [0.2, 0.25) is 0 Å². The Balaban J connectivity index is 1.78.